The Morgan fingerprint density at radius 1 is 1.40 bits per heavy atom. The first-order valence-corrected chi connectivity index (χ1v) is 6.88. The average Bonchev–Trinajstić information content (AvgIpc) is 2.60. The fourth-order valence-corrected chi connectivity index (χ4v) is 2.54. The summed E-state index contributed by atoms with van der Waals surface area (Å²) in [5.74, 6) is -0.378. The van der Waals surface area contributed by atoms with Crippen molar-refractivity contribution in [3.8, 4) is 0 Å². The van der Waals surface area contributed by atoms with E-state index in [2.05, 4.69) is 16.0 Å². The Balaban J connectivity index is 1.99. The highest BCUT2D eigenvalue weighted by Gasteiger charge is 2.49. The third-order valence-corrected chi connectivity index (χ3v) is 3.63. The van der Waals surface area contributed by atoms with Crippen LogP contribution in [0.15, 0.2) is 0 Å². The van der Waals surface area contributed by atoms with Crippen molar-refractivity contribution in [3.63, 3.8) is 0 Å². The lowest BCUT2D eigenvalue weighted by molar-refractivity contribution is -0.135. The van der Waals surface area contributed by atoms with E-state index in [-0.39, 0.29) is 30.4 Å². The average molecular weight is 282 g/mol. The van der Waals surface area contributed by atoms with Crippen molar-refractivity contribution in [3.05, 3.63) is 0 Å². The molecule has 7 heteroatoms. The van der Waals surface area contributed by atoms with Gasteiger partial charge in [0.25, 0.3) is 5.91 Å². The van der Waals surface area contributed by atoms with E-state index >= 15 is 0 Å². The van der Waals surface area contributed by atoms with E-state index in [0.29, 0.717) is 19.4 Å². The number of hydrogen-bond acceptors (Lipinski definition) is 4. The van der Waals surface area contributed by atoms with Gasteiger partial charge < -0.3 is 15.5 Å². The van der Waals surface area contributed by atoms with E-state index in [1.54, 1.807) is 4.90 Å². The Bertz CT molecular complexity index is 443. The van der Waals surface area contributed by atoms with Gasteiger partial charge in [-0.25, -0.2) is 4.79 Å². The third kappa shape index (κ3) is 3.09. The second-order valence-electron chi connectivity index (χ2n) is 6.51. The predicted octanol–water partition coefficient (Wildman–Crippen LogP) is -0.425. The molecule has 1 spiro atoms. The lowest BCUT2D eigenvalue weighted by Gasteiger charge is -2.38. The standard InChI is InChI=1S/C13H22N4O3/c1-12(2,3)14-7-9(18)17-6-4-5-13(8-17)10(19)15-11(20)16-13/h14H,4-8H2,1-3H3,(H2,15,16,19,20). The molecule has 2 aliphatic rings. The van der Waals surface area contributed by atoms with Crippen molar-refractivity contribution in [2.24, 2.45) is 0 Å². The van der Waals surface area contributed by atoms with Gasteiger partial charge in [0.05, 0.1) is 13.1 Å². The highest BCUT2D eigenvalue weighted by Crippen LogP contribution is 2.24. The molecule has 3 N–H and O–H groups in total. The molecular weight excluding hydrogens is 260 g/mol. The molecule has 0 aromatic heterocycles. The summed E-state index contributed by atoms with van der Waals surface area (Å²) in [6.45, 7) is 7.06. The van der Waals surface area contributed by atoms with Gasteiger partial charge in [-0.05, 0) is 33.6 Å². The smallest absolute Gasteiger partial charge is 0.322 e. The largest absolute Gasteiger partial charge is 0.339 e. The highest BCUT2D eigenvalue weighted by atomic mass is 16.2. The number of piperidine rings is 1. The second-order valence-corrected chi connectivity index (χ2v) is 6.51. The molecule has 0 radical (unpaired) electrons. The van der Waals surface area contributed by atoms with Crippen molar-refractivity contribution in [2.45, 2.75) is 44.7 Å². The number of hydrogen-bond donors (Lipinski definition) is 3. The maximum absolute atomic E-state index is 12.2. The summed E-state index contributed by atoms with van der Waals surface area (Å²) in [6.07, 6.45) is 1.27. The Hall–Kier alpha value is -1.63. The van der Waals surface area contributed by atoms with Crippen LogP contribution in [0.2, 0.25) is 0 Å². The molecule has 2 heterocycles. The molecule has 1 atom stereocenters. The van der Waals surface area contributed by atoms with Crippen LogP contribution in [0, 0.1) is 0 Å². The number of nitrogens with zero attached hydrogens (tertiary/aromatic N) is 1. The Morgan fingerprint density at radius 2 is 2.10 bits per heavy atom. The Morgan fingerprint density at radius 3 is 2.65 bits per heavy atom. The molecule has 2 saturated heterocycles. The first-order chi connectivity index (χ1) is 9.22. The quantitative estimate of drug-likeness (QED) is 0.600. The molecule has 4 amide bonds. The van der Waals surface area contributed by atoms with Crippen LogP contribution in [-0.2, 0) is 9.59 Å². The molecule has 2 rings (SSSR count). The number of likely N-dealkylation sites (tertiary alicyclic amines) is 1. The van der Waals surface area contributed by atoms with Gasteiger partial charge in [-0.15, -0.1) is 0 Å². The van der Waals surface area contributed by atoms with Crippen LogP contribution in [0.4, 0.5) is 4.79 Å². The fourth-order valence-electron chi connectivity index (χ4n) is 2.54. The van der Waals surface area contributed by atoms with Crippen LogP contribution in [-0.4, -0.2) is 53.5 Å². The molecule has 0 bridgehead atoms. The molecule has 20 heavy (non-hydrogen) atoms. The van der Waals surface area contributed by atoms with Crippen LogP contribution in [0.3, 0.4) is 0 Å². The molecular formula is C13H22N4O3. The predicted molar refractivity (Wildman–Crippen MR) is 73.0 cm³/mol. The maximum atomic E-state index is 12.2. The minimum absolute atomic E-state index is 0.0482. The monoisotopic (exact) mass is 282 g/mol. The lowest BCUT2D eigenvalue weighted by Crippen LogP contribution is -2.60. The molecule has 0 aliphatic carbocycles. The molecule has 0 saturated carbocycles. The van der Waals surface area contributed by atoms with Crippen LogP contribution >= 0.6 is 0 Å². The summed E-state index contributed by atoms with van der Waals surface area (Å²) >= 11 is 0. The molecule has 2 fully saturated rings. The van der Waals surface area contributed by atoms with Crippen LogP contribution in [0.5, 0.6) is 0 Å². The lowest BCUT2D eigenvalue weighted by atomic mass is 9.89. The zero-order valence-corrected chi connectivity index (χ0v) is 12.2. The van der Waals surface area contributed by atoms with Crippen molar-refractivity contribution in [1.29, 1.82) is 0 Å². The first-order valence-electron chi connectivity index (χ1n) is 6.88. The van der Waals surface area contributed by atoms with Gasteiger partial charge in [0, 0.05) is 12.1 Å². The number of carbonyl (C=O) groups is 3. The minimum atomic E-state index is -0.938. The molecule has 0 aromatic rings. The summed E-state index contributed by atoms with van der Waals surface area (Å²) < 4.78 is 0. The highest BCUT2D eigenvalue weighted by molar-refractivity contribution is 6.07. The van der Waals surface area contributed by atoms with E-state index in [1.807, 2.05) is 20.8 Å². The number of rotatable bonds is 2. The van der Waals surface area contributed by atoms with Crippen molar-refractivity contribution in [2.75, 3.05) is 19.6 Å². The topological polar surface area (TPSA) is 90.5 Å². The Labute approximate surface area is 118 Å². The van der Waals surface area contributed by atoms with Gasteiger partial charge >= 0.3 is 6.03 Å². The Kier molecular flexibility index (Phi) is 3.73. The molecule has 112 valence electrons. The summed E-state index contributed by atoms with van der Waals surface area (Å²) in [4.78, 5) is 37.0. The summed E-state index contributed by atoms with van der Waals surface area (Å²) in [5.41, 5.74) is -1.07. The number of urea groups is 1. The third-order valence-electron chi connectivity index (χ3n) is 3.63. The SMILES string of the molecule is CC(C)(C)NCC(=O)N1CCCC2(C1)NC(=O)NC2=O. The van der Waals surface area contributed by atoms with E-state index in [1.165, 1.54) is 0 Å². The number of nitrogens with one attached hydrogen (secondary N) is 3. The van der Waals surface area contributed by atoms with Gasteiger partial charge in [0.1, 0.15) is 5.54 Å². The van der Waals surface area contributed by atoms with E-state index < -0.39 is 11.6 Å². The number of carbonyl (C=O) groups excluding carboxylic acids is 3. The molecule has 0 aromatic carbocycles. The van der Waals surface area contributed by atoms with Gasteiger partial charge in [0.15, 0.2) is 0 Å². The molecule has 7 nitrogen and oxygen atoms in total. The minimum Gasteiger partial charge on any atom is -0.339 e. The number of amides is 4. The molecule has 1 unspecified atom stereocenters. The first kappa shape index (κ1) is 14.8. The van der Waals surface area contributed by atoms with Crippen molar-refractivity contribution >= 4 is 17.8 Å². The second kappa shape index (κ2) is 5.05. The van der Waals surface area contributed by atoms with Crippen LogP contribution < -0.4 is 16.0 Å². The summed E-state index contributed by atoms with van der Waals surface area (Å²) in [7, 11) is 0. The number of imide groups is 1. The van der Waals surface area contributed by atoms with E-state index in [0.717, 1.165) is 0 Å². The zero-order chi connectivity index (χ0) is 15.0. The maximum Gasteiger partial charge on any atom is 0.322 e. The van der Waals surface area contributed by atoms with Crippen LogP contribution in [0.1, 0.15) is 33.6 Å². The van der Waals surface area contributed by atoms with Gasteiger partial charge in [-0.1, -0.05) is 0 Å². The van der Waals surface area contributed by atoms with E-state index in [4.69, 9.17) is 0 Å². The van der Waals surface area contributed by atoms with Crippen molar-refractivity contribution < 1.29 is 14.4 Å². The molecule has 2 aliphatic heterocycles. The normalized spacial score (nSPS) is 26.6. The fraction of sp³-hybridized carbons (Fsp3) is 0.769. The summed E-state index contributed by atoms with van der Waals surface area (Å²) in [6, 6.07) is -0.475. The van der Waals surface area contributed by atoms with Gasteiger partial charge in [-0.3, -0.25) is 14.9 Å². The zero-order valence-electron chi connectivity index (χ0n) is 12.2. The van der Waals surface area contributed by atoms with Gasteiger partial charge in [-0.2, -0.15) is 0 Å². The van der Waals surface area contributed by atoms with Crippen LogP contribution in [0.25, 0.3) is 0 Å². The van der Waals surface area contributed by atoms with Crippen molar-refractivity contribution in [1.82, 2.24) is 20.9 Å². The summed E-state index contributed by atoms with van der Waals surface area (Å²) in [5, 5.41) is 8.05. The van der Waals surface area contributed by atoms with E-state index in [9.17, 15) is 14.4 Å². The van der Waals surface area contributed by atoms with Gasteiger partial charge in [0.2, 0.25) is 5.91 Å².